The summed E-state index contributed by atoms with van der Waals surface area (Å²) < 4.78 is 0. The second-order valence-corrected chi connectivity index (χ2v) is 6.73. The molecular weight excluding hydrogens is 340 g/mol. The molecule has 0 aliphatic heterocycles. The number of hydrogen-bond donors (Lipinski definition) is 2. The highest BCUT2D eigenvalue weighted by molar-refractivity contribution is 5.97. The lowest BCUT2D eigenvalue weighted by molar-refractivity contribution is 1.55. The summed E-state index contributed by atoms with van der Waals surface area (Å²) in [6, 6.07) is 32.6. The fourth-order valence-corrected chi connectivity index (χ4v) is 3.40. The van der Waals surface area contributed by atoms with Crippen molar-refractivity contribution in [3.05, 3.63) is 108 Å². The second kappa shape index (κ2) is 7.85. The fraction of sp³-hybridized carbons (Fsp3) is 0. The SMILES string of the molecule is Nc1ccc(-c2c(/C=C/c3ccccc3)ccc(N)c2-c2ccccc2)cc1. The second-order valence-electron chi connectivity index (χ2n) is 6.73. The lowest BCUT2D eigenvalue weighted by Crippen LogP contribution is -1.96. The molecule has 0 saturated carbocycles. The van der Waals surface area contributed by atoms with Crippen LogP contribution in [0.3, 0.4) is 0 Å². The summed E-state index contributed by atoms with van der Waals surface area (Å²) in [7, 11) is 0. The Hall–Kier alpha value is -3.78. The van der Waals surface area contributed by atoms with E-state index in [4.69, 9.17) is 11.5 Å². The highest BCUT2D eigenvalue weighted by atomic mass is 14.6. The van der Waals surface area contributed by atoms with Crippen molar-refractivity contribution in [1.82, 2.24) is 0 Å². The van der Waals surface area contributed by atoms with Crippen molar-refractivity contribution in [1.29, 1.82) is 0 Å². The predicted molar refractivity (Wildman–Crippen MR) is 122 cm³/mol. The number of benzene rings is 4. The monoisotopic (exact) mass is 362 g/mol. The Kier molecular flexibility index (Phi) is 4.94. The van der Waals surface area contributed by atoms with Crippen LogP contribution >= 0.6 is 0 Å². The van der Waals surface area contributed by atoms with Crippen molar-refractivity contribution in [2.24, 2.45) is 0 Å². The Labute approximate surface area is 165 Å². The van der Waals surface area contributed by atoms with Gasteiger partial charge in [0.2, 0.25) is 0 Å². The molecule has 0 heterocycles. The highest BCUT2D eigenvalue weighted by Crippen LogP contribution is 2.40. The minimum Gasteiger partial charge on any atom is -0.399 e. The normalized spacial score (nSPS) is 11.0. The molecule has 0 saturated heterocycles. The smallest absolute Gasteiger partial charge is 0.0400 e. The summed E-state index contributed by atoms with van der Waals surface area (Å²) in [6.07, 6.45) is 4.27. The summed E-state index contributed by atoms with van der Waals surface area (Å²) in [4.78, 5) is 0. The third-order valence-corrected chi connectivity index (χ3v) is 4.79. The molecule has 0 fully saturated rings. The van der Waals surface area contributed by atoms with Crippen molar-refractivity contribution >= 4 is 23.5 Å². The topological polar surface area (TPSA) is 52.0 Å². The Balaban J connectivity index is 1.93. The number of rotatable bonds is 4. The van der Waals surface area contributed by atoms with Crippen molar-refractivity contribution in [3.8, 4) is 22.3 Å². The molecule has 0 unspecified atom stereocenters. The Morgan fingerprint density at radius 1 is 0.500 bits per heavy atom. The quantitative estimate of drug-likeness (QED) is 0.328. The first-order valence-electron chi connectivity index (χ1n) is 9.29. The van der Waals surface area contributed by atoms with Crippen LogP contribution in [0, 0.1) is 0 Å². The molecule has 0 radical (unpaired) electrons. The predicted octanol–water partition coefficient (Wildman–Crippen LogP) is 6.36. The summed E-state index contributed by atoms with van der Waals surface area (Å²) in [6.45, 7) is 0. The maximum atomic E-state index is 6.45. The van der Waals surface area contributed by atoms with Gasteiger partial charge in [-0.2, -0.15) is 0 Å². The molecule has 0 bridgehead atoms. The number of hydrogen-bond acceptors (Lipinski definition) is 2. The molecule has 0 aromatic heterocycles. The molecule has 2 heteroatoms. The zero-order valence-corrected chi connectivity index (χ0v) is 15.5. The van der Waals surface area contributed by atoms with Crippen LogP contribution in [-0.2, 0) is 0 Å². The number of nitrogens with two attached hydrogens (primary N) is 2. The van der Waals surface area contributed by atoms with Crippen LogP contribution < -0.4 is 11.5 Å². The Bertz CT molecular complexity index is 1100. The van der Waals surface area contributed by atoms with Gasteiger partial charge in [0, 0.05) is 16.9 Å². The summed E-state index contributed by atoms with van der Waals surface area (Å²) in [5, 5.41) is 0. The van der Waals surface area contributed by atoms with Gasteiger partial charge in [0.25, 0.3) is 0 Å². The van der Waals surface area contributed by atoms with Gasteiger partial charge in [0.05, 0.1) is 0 Å². The van der Waals surface area contributed by atoms with E-state index in [0.717, 1.165) is 44.8 Å². The molecule has 2 nitrogen and oxygen atoms in total. The van der Waals surface area contributed by atoms with Crippen LogP contribution in [0.5, 0.6) is 0 Å². The fourth-order valence-electron chi connectivity index (χ4n) is 3.40. The first-order chi connectivity index (χ1) is 13.7. The van der Waals surface area contributed by atoms with Gasteiger partial charge in [-0.15, -0.1) is 0 Å². The molecule has 4 aromatic carbocycles. The molecule has 28 heavy (non-hydrogen) atoms. The lowest BCUT2D eigenvalue weighted by Gasteiger charge is -2.17. The van der Waals surface area contributed by atoms with Crippen LogP contribution in [-0.4, -0.2) is 0 Å². The summed E-state index contributed by atoms with van der Waals surface area (Å²) >= 11 is 0. The van der Waals surface area contributed by atoms with E-state index in [2.05, 4.69) is 54.6 Å². The van der Waals surface area contributed by atoms with Gasteiger partial charge in [0.1, 0.15) is 0 Å². The lowest BCUT2D eigenvalue weighted by atomic mass is 9.88. The maximum Gasteiger partial charge on any atom is 0.0400 e. The standard InChI is InChI=1S/C26H22N2/c27-23-16-13-22(14-17-23)25-21(12-11-19-7-3-1-4-8-19)15-18-24(28)26(25)20-9-5-2-6-10-20/h1-18H,27-28H2/b12-11+. The molecule has 0 spiro atoms. The first-order valence-corrected chi connectivity index (χ1v) is 9.29. The van der Waals surface area contributed by atoms with E-state index in [1.807, 2.05) is 54.6 Å². The largest absolute Gasteiger partial charge is 0.399 e. The van der Waals surface area contributed by atoms with Crippen LogP contribution in [0.1, 0.15) is 11.1 Å². The highest BCUT2D eigenvalue weighted by Gasteiger charge is 2.14. The van der Waals surface area contributed by atoms with E-state index in [9.17, 15) is 0 Å². The zero-order valence-electron chi connectivity index (χ0n) is 15.5. The number of nitrogen functional groups attached to an aromatic ring is 2. The van der Waals surface area contributed by atoms with Crippen LogP contribution in [0.2, 0.25) is 0 Å². The molecule has 0 amide bonds. The molecule has 0 aliphatic rings. The van der Waals surface area contributed by atoms with E-state index in [-0.39, 0.29) is 0 Å². The zero-order chi connectivity index (χ0) is 19.3. The van der Waals surface area contributed by atoms with Gasteiger partial charge in [0.15, 0.2) is 0 Å². The van der Waals surface area contributed by atoms with Crippen molar-refractivity contribution in [3.63, 3.8) is 0 Å². The van der Waals surface area contributed by atoms with Gasteiger partial charge < -0.3 is 11.5 Å². The molecule has 4 aromatic rings. The average molecular weight is 362 g/mol. The molecule has 136 valence electrons. The minimum atomic E-state index is 0.746. The van der Waals surface area contributed by atoms with E-state index < -0.39 is 0 Å². The van der Waals surface area contributed by atoms with Crippen LogP contribution in [0.4, 0.5) is 11.4 Å². The van der Waals surface area contributed by atoms with Crippen molar-refractivity contribution < 1.29 is 0 Å². The third-order valence-electron chi connectivity index (χ3n) is 4.79. The molecule has 4 N–H and O–H groups in total. The first kappa shape index (κ1) is 17.6. The van der Waals surface area contributed by atoms with Crippen LogP contribution in [0.25, 0.3) is 34.4 Å². The Morgan fingerprint density at radius 2 is 1.11 bits per heavy atom. The third kappa shape index (κ3) is 3.67. The van der Waals surface area contributed by atoms with Gasteiger partial charge in [-0.1, -0.05) is 91.0 Å². The van der Waals surface area contributed by atoms with Gasteiger partial charge in [-0.3, -0.25) is 0 Å². The number of anilines is 2. The van der Waals surface area contributed by atoms with Gasteiger partial charge >= 0.3 is 0 Å². The molecule has 0 aliphatic carbocycles. The summed E-state index contributed by atoms with van der Waals surface area (Å²) in [5.74, 6) is 0. The van der Waals surface area contributed by atoms with Gasteiger partial charge in [-0.25, -0.2) is 0 Å². The van der Waals surface area contributed by atoms with Crippen molar-refractivity contribution in [2.45, 2.75) is 0 Å². The molecule has 4 rings (SSSR count). The van der Waals surface area contributed by atoms with E-state index in [1.165, 1.54) is 0 Å². The molecular formula is C26H22N2. The minimum absolute atomic E-state index is 0.746. The Morgan fingerprint density at radius 3 is 1.79 bits per heavy atom. The molecule has 0 atom stereocenters. The average Bonchev–Trinajstić information content (AvgIpc) is 2.74. The van der Waals surface area contributed by atoms with Crippen LogP contribution in [0.15, 0.2) is 97.1 Å². The van der Waals surface area contributed by atoms with Crippen molar-refractivity contribution in [2.75, 3.05) is 11.5 Å². The van der Waals surface area contributed by atoms with E-state index >= 15 is 0 Å². The maximum absolute atomic E-state index is 6.45. The van der Waals surface area contributed by atoms with E-state index in [1.54, 1.807) is 0 Å². The van der Waals surface area contributed by atoms with E-state index in [0.29, 0.717) is 0 Å². The summed E-state index contributed by atoms with van der Waals surface area (Å²) in [5.41, 5.74) is 20.5. The van der Waals surface area contributed by atoms with Gasteiger partial charge in [-0.05, 0) is 46.0 Å².